The number of aromatic nitrogens is 1. The van der Waals surface area contributed by atoms with Crippen LogP contribution in [0.1, 0.15) is 38.2 Å². The Bertz CT molecular complexity index is 874. The number of piperazine rings is 1. The molecule has 2 aromatic rings. The molecule has 4 rings (SSSR count). The van der Waals surface area contributed by atoms with Gasteiger partial charge < -0.3 is 15.5 Å². The Morgan fingerprint density at radius 1 is 1.03 bits per heavy atom. The van der Waals surface area contributed by atoms with Gasteiger partial charge in [-0.2, -0.15) is 0 Å². The highest BCUT2D eigenvalue weighted by Crippen LogP contribution is 2.29. The van der Waals surface area contributed by atoms with E-state index in [1.165, 1.54) is 11.6 Å². The highest BCUT2D eigenvalue weighted by molar-refractivity contribution is 5.64. The Hall–Kier alpha value is -2.71. The monoisotopic (exact) mass is 424 g/mol. The van der Waals surface area contributed by atoms with E-state index in [4.69, 9.17) is 0 Å². The molecule has 1 aliphatic carbocycles. The topological polar surface area (TPSA) is 86.6 Å². The minimum absolute atomic E-state index is 0.0240. The maximum absolute atomic E-state index is 11.4. The Labute approximate surface area is 183 Å². The lowest BCUT2D eigenvalue weighted by molar-refractivity contribution is -0.384. The third-order valence-corrected chi connectivity index (χ3v) is 6.31. The predicted octanol–water partition coefficient (Wildman–Crippen LogP) is 4.23. The first kappa shape index (κ1) is 21.5. The fraction of sp³-hybridized carbons (Fsp3) is 0.522. The lowest BCUT2D eigenvalue weighted by Gasteiger charge is -2.34. The van der Waals surface area contributed by atoms with E-state index in [9.17, 15) is 10.1 Å². The summed E-state index contributed by atoms with van der Waals surface area (Å²) in [6.07, 6.45) is 4.38. The van der Waals surface area contributed by atoms with Gasteiger partial charge in [-0.1, -0.05) is 31.9 Å². The van der Waals surface area contributed by atoms with Crippen LogP contribution in [0.25, 0.3) is 0 Å². The van der Waals surface area contributed by atoms with Gasteiger partial charge in [-0.3, -0.25) is 15.0 Å². The molecular weight excluding hydrogens is 392 g/mol. The predicted molar refractivity (Wildman–Crippen MR) is 124 cm³/mol. The molecule has 31 heavy (non-hydrogen) atoms. The highest BCUT2D eigenvalue weighted by Gasteiger charge is 2.22. The van der Waals surface area contributed by atoms with Crippen molar-refractivity contribution < 1.29 is 4.92 Å². The van der Waals surface area contributed by atoms with Gasteiger partial charge in [-0.15, -0.1) is 0 Å². The Balaban J connectivity index is 1.38. The number of benzene rings is 1. The van der Waals surface area contributed by atoms with E-state index in [0.717, 1.165) is 70.6 Å². The second-order valence-electron chi connectivity index (χ2n) is 8.48. The summed E-state index contributed by atoms with van der Waals surface area (Å²) >= 11 is 0. The van der Waals surface area contributed by atoms with Crippen molar-refractivity contribution in [3.63, 3.8) is 0 Å². The largest absolute Gasteiger partial charge is 0.362 e. The molecule has 2 N–H and O–H groups in total. The standard InChI is InChI=1S/C23H32N6O2/c1-2-27-13-15-28(16-14-27)17-18-7-9-20(10-8-18)24-22-12-11-21(29(30)31)23(26-22)25-19-5-3-4-6-19/h7-12,19H,2-6,13-17H2,1H3,(H2,24,25,26). The highest BCUT2D eigenvalue weighted by atomic mass is 16.6. The molecular formula is C23H32N6O2. The van der Waals surface area contributed by atoms with Crippen molar-refractivity contribution >= 4 is 23.0 Å². The van der Waals surface area contributed by atoms with E-state index in [2.05, 4.69) is 44.5 Å². The third kappa shape index (κ3) is 5.71. The van der Waals surface area contributed by atoms with Gasteiger partial charge in [0.15, 0.2) is 0 Å². The van der Waals surface area contributed by atoms with Crippen LogP contribution in [0.4, 0.5) is 23.0 Å². The second-order valence-corrected chi connectivity index (χ2v) is 8.48. The molecule has 0 bridgehead atoms. The van der Waals surface area contributed by atoms with Crippen molar-refractivity contribution in [1.29, 1.82) is 0 Å². The third-order valence-electron chi connectivity index (χ3n) is 6.31. The van der Waals surface area contributed by atoms with Crippen molar-refractivity contribution in [1.82, 2.24) is 14.8 Å². The summed E-state index contributed by atoms with van der Waals surface area (Å²) < 4.78 is 0. The molecule has 1 saturated carbocycles. The van der Waals surface area contributed by atoms with E-state index >= 15 is 0 Å². The Morgan fingerprint density at radius 2 is 1.71 bits per heavy atom. The molecule has 0 radical (unpaired) electrons. The van der Waals surface area contributed by atoms with Crippen LogP contribution in [-0.2, 0) is 6.54 Å². The van der Waals surface area contributed by atoms with Gasteiger partial charge in [0.1, 0.15) is 5.82 Å². The van der Waals surface area contributed by atoms with Crippen molar-refractivity contribution in [3.05, 3.63) is 52.1 Å². The van der Waals surface area contributed by atoms with Crippen LogP contribution in [0.3, 0.4) is 0 Å². The summed E-state index contributed by atoms with van der Waals surface area (Å²) in [5, 5.41) is 18.0. The summed E-state index contributed by atoms with van der Waals surface area (Å²) in [5.41, 5.74) is 2.24. The zero-order valence-electron chi connectivity index (χ0n) is 18.2. The van der Waals surface area contributed by atoms with Crippen molar-refractivity contribution in [2.75, 3.05) is 43.4 Å². The van der Waals surface area contributed by atoms with E-state index in [1.807, 2.05) is 12.1 Å². The van der Waals surface area contributed by atoms with Crippen LogP contribution in [0.15, 0.2) is 36.4 Å². The molecule has 2 aliphatic rings. The minimum atomic E-state index is -0.372. The van der Waals surface area contributed by atoms with Crippen LogP contribution in [0.5, 0.6) is 0 Å². The molecule has 8 nitrogen and oxygen atoms in total. The minimum Gasteiger partial charge on any atom is -0.362 e. The summed E-state index contributed by atoms with van der Waals surface area (Å²) in [7, 11) is 0. The average Bonchev–Trinajstić information content (AvgIpc) is 3.29. The molecule has 1 aliphatic heterocycles. The normalized spacial score (nSPS) is 18.2. The number of rotatable bonds is 8. The smallest absolute Gasteiger partial charge is 0.311 e. The van der Waals surface area contributed by atoms with Crippen molar-refractivity contribution in [2.45, 2.75) is 45.2 Å². The number of likely N-dealkylation sites (N-methyl/N-ethyl adjacent to an activating group) is 1. The fourth-order valence-electron chi connectivity index (χ4n) is 4.40. The molecule has 1 aromatic heterocycles. The lowest BCUT2D eigenvalue weighted by atomic mass is 10.1. The zero-order valence-corrected chi connectivity index (χ0v) is 18.2. The summed E-state index contributed by atoms with van der Waals surface area (Å²) in [6, 6.07) is 11.8. The maximum Gasteiger partial charge on any atom is 0.311 e. The maximum atomic E-state index is 11.4. The molecule has 0 unspecified atom stereocenters. The Morgan fingerprint density at radius 3 is 2.35 bits per heavy atom. The molecule has 0 spiro atoms. The molecule has 8 heteroatoms. The second kappa shape index (κ2) is 10.1. The molecule has 166 valence electrons. The summed E-state index contributed by atoms with van der Waals surface area (Å²) in [4.78, 5) is 20.5. The van der Waals surface area contributed by atoms with E-state index in [1.54, 1.807) is 6.07 Å². The van der Waals surface area contributed by atoms with Crippen LogP contribution < -0.4 is 10.6 Å². The van der Waals surface area contributed by atoms with Gasteiger partial charge in [-0.05, 0) is 43.1 Å². The van der Waals surface area contributed by atoms with Gasteiger partial charge in [0.25, 0.3) is 0 Å². The van der Waals surface area contributed by atoms with Crippen LogP contribution in [0, 0.1) is 10.1 Å². The van der Waals surface area contributed by atoms with Crippen molar-refractivity contribution in [3.8, 4) is 0 Å². The number of hydrogen-bond donors (Lipinski definition) is 2. The molecule has 1 saturated heterocycles. The average molecular weight is 425 g/mol. The van der Waals surface area contributed by atoms with Crippen LogP contribution in [-0.4, -0.2) is 58.5 Å². The van der Waals surface area contributed by atoms with Crippen molar-refractivity contribution in [2.24, 2.45) is 0 Å². The number of hydrogen-bond acceptors (Lipinski definition) is 7. The van der Waals surface area contributed by atoms with Gasteiger partial charge in [-0.25, -0.2) is 4.98 Å². The fourth-order valence-corrected chi connectivity index (χ4v) is 4.40. The number of anilines is 3. The first-order valence-corrected chi connectivity index (χ1v) is 11.3. The summed E-state index contributed by atoms with van der Waals surface area (Å²) in [5.74, 6) is 0.958. The van der Waals surface area contributed by atoms with Gasteiger partial charge in [0, 0.05) is 50.5 Å². The number of nitro groups is 1. The number of pyridine rings is 1. The van der Waals surface area contributed by atoms with E-state index < -0.39 is 0 Å². The first-order valence-electron chi connectivity index (χ1n) is 11.3. The van der Waals surface area contributed by atoms with Gasteiger partial charge in [0.2, 0.25) is 5.82 Å². The Kier molecular flexibility index (Phi) is 6.99. The SMILES string of the molecule is CCN1CCN(Cc2ccc(Nc3ccc([N+](=O)[O-])c(NC4CCCC4)n3)cc2)CC1. The van der Waals surface area contributed by atoms with E-state index in [-0.39, 0.29) is 16.7 Å². The first-order chi connectivity index (χ1) is 15.1. The zero-order chi connectivity index (χ0) is 21.6. The quantitative estimate of drug-likeness (QED) is 0.484. The summed E-state index contributed by atoms with van der Waals surface area (Å²) in [6.45, 7) is 8.80. The molecule has 1 aromatic carbocycles. The lowest BCUT2D eigenvalue weighted by Crippen LogP contribution is -2.45. The van der Waals surface area contributed by atoms with Gasteiger partial charge in [0.05, 0.1) is 4.92 Å². The molecule has 0 amide bonds. The molecule has 0 atom stereocenters. The van der Waals surface area contributed by atoms with Gasteiger partial charge >= 0.3 is 5.69 Å². The van der Waals surface area contributed by atoms with Crippen LogP contribution in [0.2, 0.25) is 0 Å². The number of nitrogens with zero attached hydrogens (tertiary/aromatic N) is 4. The van der Waals surface area contributed by atoms with Crippen LogP contribution >= 0.6 is 0 Å². The molecule has 2 fully saturated rings. The van der Waals surface area contributed by atoms with E-state index in [0.29, 0.717) is 11.6 Å². The molecule has 2 heterocycles. The number of nitrogens with one attached hydrogen (secondary N) is 2.